The highest BCUT2D eigenvalue weighted by Gasteiger charge is 2.38. The molecule has 0 saturated carbocycles. The molecule has 4 atom stereocenters. The van der Waals surface area contributed by atoms with E-state index in [2.05, 4.69) is 10.3 Å². The molecule has 29 heavy (non-hydrogen) atoms. The summed E-state index contributed by atoms with van der Waals surface area (Å²) in [4.78, 5) is 31.3. The van der Waals surface area contributed by atoms with Crippen molar-refractivity contribution in [2.24, 2.45) is 11.8 Å². The van der Waals surface area contributed by atoms with Gasteiger partial charge in [0.05, 0.1) is 6.04 Å². The molecular formula is C17H23Cl6N3O2S. The molecule has 0 aromatic carbocycles. The predicted octanol–water partition coefficient (Wildman–Crippen LogP) is 5.94. The van der Waals surface area contributed by atoms with Crippen molar-refractivity contribution in [1.82, 2.24) is 15.2 Å². The molecule has 0 spiro atoms. The Hall–Kier alpha value is 0.310. The molecule has 0 aliphatic rings. The van der Waals surface area contributed by atoms with Crippen molar-refractivity contribution in [3.05, 3.63) is 16.6 Å². The molecule has 0 unspecified atom stereocenters. The second kappa shape index (κ2) is 11.3. The van der Waals surface area contributed by atoms with Gasteiger partial charge in [0.1, 0.15) is 11.0 Å². The lowest BCUT2D eigenvalue weighted by Crippen LogP contribution is -2.50. The molecule has 0 aliphatic carbocycles. The lowest BCUT2D eigenvalue weighted by atomic mass is 9.99. The fraction of sp³-hybridized carbons (Fsp3) is 0.706. The number of rotatable bonds is 8. The zero-order chi connectivity index (χ0) is 22.6. The van der Waals surface area contributed by atoms with Crippen LogP contribution in [0.1, 0.15) is 44.7 Å². The molecule has 12 heteroatoms. The van der Waals surface area contributed by atoms with E-state index in [1.807, 2.05) is 5.38 Å². The van der Waals surface area contributed by atoms with Gasteiger partial charge in [0.2, 0.25) is 11.8 Å². The van der Waals surface area contributed by atoms with E-state index < -0.39 is 25.5 Å². The number of carbonyl (C=O) groups is 2. The van der Waals surface area contributed by atoms with Crippen LogP contribution in [0.15, 0.2) is 11.6 Å². The summed E-state index contributed by atoms with van der Waals surface area (Å²) in [6.07, 6.45) is 1.73. The SMILES string of the molecule is C[C@@H](NC(=O)[C@@H](C[C@H](C)C(Cl)(Cl)Cl)N(C)C(=O)C[C@H](C)C(Cl)(Cl)Cl)c1nccs1. The Labute approximate surface area is 205 Å². The third kappa shape index (κ3) is 8.76. The smallest absolute Gasteiger partial charge is 0.243 e. The molecular weight excluding hydrogens is 523 g/mol. The van der Waals surface area contributed by atoms with Crippen LogP contribution >= 0.6 is 80.9 Å². The molecule has 1 heterocycles. The van der Waals surface area contributed by atoms with E-state index >= 15 is 0 Å². The van der Waals surface area contributed by atoms with E-state index in [-0.39, 0.29) is 30.7 Å². The van der Waals surface area contributed by atoms with Crippen LogP contribution in [0.2, 0.25) is 0 Å². The lowest BCUT2D eigenvalue weighted by Gasteiger charge is -2.33. The van der Waals surface area contributed by atoms with E-state index in [0.29, 0.717) is 0 Å². The van der Waals surface area contributed by atoms with Crippen molar-refractivity contribution < 1.29 is 9.59 Å². The van der Waals surface area contributed by atoms with Crippen LogP contribution in [0.3, 0.4) is 0 Å². The van der Waals surface area contributed by atoms with Crippen LogP contribution in [-0.2, 0) is 9.59 Å². The van der Waals surface area contributed by atoms with Gasteiger partial charge in [-0.15, -0.1) is 11.3 Å². The quantitative estimate of drug-likeness (QED) is 0.411. The van der Waals surface area contributed by atoms with Crippen molar-refractivity contribution in [2.45, 2.75) is 53.3 Å². The summed E-state index contributed by atoms with van der Waals surface area (Å²) in [5, 5.41) is 5.42. The van der Waals surface area contributed by atoms with Crippen molar-refractivity contribution >= 4 is 92.8 Å². The molecule has 0 bridgehead atoms. The molecule has 1 aromatic rings. The molecule has 5 nitrogen and oxygen atoms in total. The van der Waals surface area contributed by atoms with E-state index in [1.54, 1.807) is 27.0 Å². The van der Waals surface area contributed by atoms with Crippen molar-refractivity contribution in [3.8, 4) is 0 Å². The van der Waals surface area contributed by atoms with Crippen LogP contribution in [0.25, 0.3) is 0 Å². The number of nitrogens with one attached hydrogen (secondary N) is 1. The van der Waals surface area contributed by atoms with Crippen LogP contribution < -0.4 is 5.32 Å². The molecule has 0 fully saturated rings. The Morgan fingerprint density at radius 2 is 1.66 bits per heavy atom. The summed E-state index contributed by atoms with van der Waals surface area (Å²) in [6.45, 7) is 5.14. The summed E-state index contributed by atoms with van der Waals surface area (Å²) in [7, 11) is 1.51. The first-order chi connectivity index (χ1) is 13.1. The summed E-state index contributed by atoms with van der Waals surface area (Å²) >= 11 is 37.0. The van der Waals surface area contributed by atoms with Crippen LogP contribution in [-0.4, -0.2) is 42.4 Å². The van der Waals surface area contributed by atoms with Gasteiger partial charge in [-0.3, -0.25) is 9.59 Å². The first-order valence-corrected chi connectivity index (χ1v) is 11.9. The molecule has 1 aromatic heterocycles. The maximum Gasteiger partial charge on any atom is 0.243 e. The Morgan fingerprint density at radius 1 is 1.10 bits per heavy atom. The van der Waals surface area contributed by atoms with Crippen LogP contribution in [0, 0.1) is 11.8 Å². The zero-order valence-electron chi connectivity index (χ0n) is 16.3. The summed E-state index contributed by atoms with van der Waals surface area (Å²) in [5.41, 5.74) is 0. The highest BCUT2D eigenvalue weighted by Crippen LogP contribution is 2.39. The summed E-state index contributed by atoms with van der Waals surface area (Å²) in [5.74, 6) is -1.79. The van der Waals surface area contributed by atoms with Gasteiger partial charge in [-0.1, -0.05) is 83.5 Å². The number of likely N-dealkylation sites (N-methyl/N-ethyl adjacent to an activating group) is 1. The molecule has 166 valence electrons. The monoisotopic (exact) mass is 543 g/mol. The minimum atomic E-state index is -1.60. The van der Waals surface area contributed by atoms with E-state index in [9.17, 15) is 9.59 Å². The van der Waals surface area contributed by atoms with Gasteiger partial charge < -0.3 is 10.2 Å². The molecule has 0 aliphatic heterocycles. The largest absolute Gasteiger partial charge is 0.345 e. The number of nitrogens with zero attached hydrogens (tertiary/aromatic N) is 2. The number of hydrogen-bond acceptors (Lipinski definition) is 4. The first-order valence-electron chi connectivity index (χ1n) is 8.73. The predicted molar refractivity (Wildman–Crippen MR) is 123 cm³/mol. The van der Waals surface area contributed by atoms with Gasteiger partial charge in [-0.2, -0.15) is 0 Å². The Morgan fingerprint density at radius 3 is 2.10 bits per heavy atom. The Bertz CT molecular complexity index is 678. The Kier molecular flexibility index (Phi) is 10.6. The highest BCUT2D eigenvalue weighted by atomic mass is 35.6. The number of halogens is 6. The molecule has 1 N–H and O–H groups in total. The van der Waals surface area contributed by atoms with Gasteiger partial charge >= 0.3 is 0 Å². The maximum absolute atomic E-state index is 13.0. The van der Waals surface area contributed by atoms with Gasteiger partial charge in [0, 0.05) is 36.9 Å². The zero-order valence-corrected chi connectivity index (χ0v) is 21.6. The van der Waals surface area contributed by atoms with E-state index in [0.717, 1.165) is 5.01 Å². The molecule has 0 saturated heterocycles. The minimum absolute atomic E-state index is 0.0546. The third-order valence-corrected chi connectivity index (χ3v) is 7.71. The fourth-order valence-electron chi connectivity index (χ4n) is 2.42. The van der Waals surface area contributed by atoms with E-state index in [1.165, 1.54) is 23.3 Å². The fourth-order valence-corrected chi connectivity index (χ4v) is 3.57. The maximum atomic E-state index is 13.0. The van der Waals surface area contributed by atoms with Gasteiger partial charge in [-0.25, -0.2) is 4.98 Å². The standard InChI is InChI=1S/C17H23Cl6N3O2S/c1-9(16(18,19)20)7-12(14(28)25-11(3)15-24-5-6-29-15)26(4)13(27)8-10(2)17(21,22)23/h5-6,9-12H,7-8H2,1-4H3,(H,25,28)/t9-,10-,11+,12+/m0/s1. The normalized spacial score (nSPS) is 16.6. The molecule has 0 radical (unpaired) electrons. The van der Waals surface area contributed by atoms with Gasteiger partial charge in [-0.05, 0) is 13.3 Å². The number of hydrogen-bond donors (Lipinski definition) is 1. The van der Waals surface area contributed by atoms with Crippen molar-refractivity contribution in [3.63, 3.8) is 0 Å². The summed E-state index contributed by atoms with van der Waals surface area (Å²) < 4.78 is -3.19. The number of thiazole rings is 1. The molecule has 2 amide bonds. The third-order valence-electron chi connectivity index (χ3n) is 4.52. The molecule has 1 rings (SSSR count). The van der Waals surface area contributed by atoms with Crippen LogP contribution in [0.4, 0.5) is 0 Å². The van der Waals surface area contributed by atoms with Crippen molar-refractivity contribution in [1.29, 1.82) is 0 Å². The minimum Gasteiger partial charge on any atom is -0.345 e. The number of alkyl halides is 6. The second-order valence-electron chi connectivity index (χ2n) is 6.95. The summed E-state index contributed by atoms with van der Waals surface area (Å²) in [6, 6.07) is -1.21. The van der Waals surface area contributed by atoms with Gasteiger partial charge in [0.25, 0.3) is 0 Å². The second-order valence-corrected chi connectivity index (χ2v) is 12.6. The number of aromatic nitrogens is 1. The van der Waals surface area contributed by atoms with Gasteiger partial charge in [0.15, 0.2) is 7.59 Å². The number of carbonyl (C=O) groups excluding carboxylic acids is 2. The Balaban J connectivity index is 2.99. The van der Waals surface area contributed by atoms with Crippen molar-refractivity contribution in [2.75, 3.05) is 7.05 Å². The average Bonchev–Trinajstić information content (AvgIpc) is 3.11. The van der Waals surface area contributed by atoms with Crippen LogP contribution in [0.5, 0.6) is 0 Å². The topological polar surface area (TPSA) is 62.3 Å². The lowest BCUT2D eigenvalue weighted by molar-refractivity contribution is -0.140. The first kappa shape index (κ1) is 27.3. The average molecular weight is 546 g/mol. The number of amides is 2. The van der Waals surface area contributed by atoms with E-state index in [4.69, 9.17) is 69.6 Å². The highest BCUT2D eigenvalue weighted by molar-refractivity contribution is 7.09.